The summed E-state index contributed by atoms with van der Waals surface area (Å²) in [6.07, 6.45) is 6.56. The maximum atomic E-state index is 14.7. The average molecular weight is 540 g/mol. The summed E-state index contributed by atoms with van der Waals surface area (Å²) in [4.78, 5) is 31.0. The molecule has 1 N–H and O–H groups in total. The third-order valence-electron chi connectivity index (χ3n) is 8.42. The second kappa shape index (κ2) is 10.5. The summed E-state index contributed by atoms with van der Waals surface area (Å²) in [6, 6.07) is 25.7. The van der Waals surface area contributed by atoms with Crippen LogP contribution in [0.2, 0.25) is 5.02 Å². The molecule has 4 aromatic rings. The second-order valence-electron chi connectivity index (χ2n) is 11.1. The third kappa shape index (κ3) is 4.74. The monoisotopic (exact) mass is 539 g/mol. The van der Waals surface area contributed by atoms with Gasteiger partial charge in [-0.25, -0.2) is 0 Å². The second-order valence-corrected chi connectivity index (χ2v) is 11.5. The van der Waals surface area contributed by atoms with Crippen molar-refractivity contribution in [3.8, 4) is 0 Å². The number of halogens is 1. The van der Waals surface area contributed by atoms with E-state index >= 15 is 0 Å². The van der Waals surface area contributed by atoms with E-state index in [1.807, 2.05) is 60.7 Å². The zero-order valence-electron chi connectivity index (χ0n) is 22.3. The van der Waals surface area contributed by atoms with E-state index in [0.29, 0.717) is 17.3 Å². The van der Waals surface area contributed by atoms with Gasteiger partial charge in [0.05, 0.1) is 6.54 Å². The molecule has 1 aliphatic carbocycles. The van der Waals surface area contributed by atoms with Crippen molar-refractivity contribution < 1.29 is 9.59 Å². The van der Waals surface area contributed by atoms with E-state index in [1.165, 1.54) is 12.8 Å². The lowest BCUT2D eigenvalue weighted by atomic mass is 9.83. The zero-order chi connectivity index (χ0) is 27.0. The molecule has 1 aliphatic heterocycles. The van der Waals surface area contributed by atoms with Crippen molar-refractivity contribution in [2.45, 2.75) is 70.1 Å². The fourth-order valence-electron chi connectivity index (χ4n) is 6.38. The van der Waals surface area contributed by atoms with Crippen molar-refractivity contribution >= 4 is 34.3 Å². The van der Waals surface area contributed by atoms with Gasteiger partial charge in [-0.3, -0.25) is 9.59 Å². The highest BCUT2D eigenvalue weighted by molar-refractivity contribution is 6.30. The molecule has 39 heavy (non-hydrogen) atoms. The van der Waals surface area contributed by atoms with Crippen molar-refractivity contribution in [3.05, 3.63) is 106 Å². The lowest BCUT2D eigenvalue weighted by molar-refractivity contribution is -0.136. The first-order chi connectivity index (χ1) is 19.0. The van der Waals surface area contributed by atoms with Crippen LogP contribution in [-0.4, -0.2) is 27.3 Å². The minimum Gasteiger partial charge on any atom is -0.351 e. The first-order valence-corrected chi connectivity index (χ1v) is 14.4. The number of amides is 2. The molecule has 2 heterocycles. The fourth-order valence-corrected chi connectivity index (χ4v) is 6.59. The number of rotatable bonds is 5. The molecule has 5 nitrogen and oxygen atoms in total. The Hall–Kier alpha value is -3.57. The molecule has 200 valence electrons. The summed E-state index contributed by atoms with van der Waals surface area (Å²) in [6.45, 7) is 2.66. The van der Waals surface area contributed by atoms with E-state index in [-0.39, 0.29) is 24.4 Å². The first kappa shape index (κ1) is 25.7. The Morgan fingerprint density at radius 3 is 2.46 bits per heavy atom. The van der Waals surface area contributed by atoms with Crippen LogP contribution in [0.15, 0.2) is 78.9 Å². The van der Waals surface area contributed by atoms with Crippen molar-refractivity contribution in [2.24, 2.45) is 0 Å². The average Bonchev–Trinajstić information content (AvgIpc) is 3.09. The SMILES string of the molecule is Cc1ccc2cc3n(c2c1)CC(C(=O)NC1CCCCCC1)(c1ccccc1)N(Cc1cccc(Cl)c1)C3=O. The molecule has 1 fully saturated rings. The molecule has 0 saturated heterocycles. The molecule has 1 aromatic heterocycles. The van der Waals surface area contributed by atoms with Gasteiger partial charge in [-0.05, 0) is 60.7 Å². The van der Waals surface area contributed by atoms with Gasteiger partial charge < -0.3 is 14.8 Å². The number of carbonyl (C=O) groups is 2. The minimum absolute atomic E-state index is 0.105. The standard InChI is InChI=1S/C33H34ClN3O2/c1-23-16-17-25-20-30-31(38)37(21-24-10-9-13-27(34)19-24)33(22-36(30)29(25)18-23,26-11-5-4-6-12-26)32(39)35-28-14-7-2-3-8-15-28/h4-6,9-13,16-20,28H,2-3,7-8,14-15,21-22H2,1H3,(H,35,39). The molecule has 1 unspecified atom stereocenters. The van der Waals surface area contributed by atoms with Gasteiger partial charge in [-0.1, -0.05) is 91.9 Å². The highest BCUT2D eigenvalue weighted by atomic mass is 35.5. The Kier molecular flexibility index (Phi) is 6.94. The number of aryl methyl sites for hydroxylation is 1. The lowest BCUT2D eigenvalue weighted by Crippen LogP contribution is -2.63. The predicted octanol–water partition coefficient (Wildman–Crippen LogP) is 6.99. The van der Waals surface area contributed by atoms with Crippen LogP contribution in [0.25, 0.3) is 10.9 Å². The number of nitrogens with one attached hydrogen (secondary N) is 1. The molecule has 1 saturated carbocycles. The minimum atomic E-state index is -1.23. The number of nitrogens with zero attached hydrogens (tertiary/aromatic N) is 2. The number of fused-ring (bicyclic) bond motifs is 3. The molecular weight excluding hydrogens is 506 g/mol. The maximum absolute atomic E-state index is 14.7. The number of aromatic nitrogens is 1. The number of hydrogen-bond donors (Lipinski definition) is 1. The van der Waals surface area contributed by atoms with Crippen molar-refractivity contribution in [2.75, 3.05) is 0 Å². The van der Waals surface area contributed by atoms with Crippen LogP contribution in [0, 0.1) is 6.92 Å². The molecule has 2 amide bonds. The summed E-state index contributed by atoms with van der Waals surface area (Å²) in [7, 11) is 0. The van der Waals surface area contributed by atoms with E-state index in [4.69, 9.17) is 11.6 Å². The molecular formula is C33H34ClN3O2. The Bertz CT molecular complexity index is 1520. The van der Waals surface area contributed by atoms with Crippen LogP contribution in [0.4, 0.5) is 0 Å². The number of hydrogen-bond acceptors (Lipinski definition) is 2. The molecule has 0 bridgehead atoms. The van der Waals surface area contributed by atoms with Crippen LogP contribution in [-0.2, 0) is 23.4 Å². The van der Waals surface area contributed by atoms with Crippen LogP contribution in [0.3, 0.4) is 0 Å². The van der Waals surface area contributed by atoms with Gasteiger partial charge >= 0.3 is 0 Å². The van der Waals surface area contributed by atoms with E-state index in [9.17, 15) is 9.59 Å². The Morgan fingerprint density at radius 2 is 1.72 bits per heavy atom. The third-order valence-corrected chi connectivity index (χ3v) is 8.65. The normalized spacial score (nSPS) is 20.1. The van der Waals surface area contributed by atoms with Crippen LogP contribution in [0.5, 0.6) is 0 Å². The number of carbonyl (C=O) groups excluding carboxylic acids is 2. The van der Waals surface area contributed by atoms with Crippen molar-refractivity contribution in [1.29, 1.82) is 0 Å². The van der Waals surface area contributed by atoms with Gasteiger partial charge in [0.25, 0.3) is 11.8 Å². The number of benzene rings is 3. The van der Waals surface area contributed by atoms with Gasteiger partial charge in [0.2, 0.25) is 0 Å². The van der Waals surface area contributed by atoms with Crippen LogP contribution < -0.4 is 5.32 Å². The molecule has 6 rings (SSSR count). The smallest absolute Gasteiger partial charge is 0.272 e. The quantitative estimate of drug-likeness (QED) is 0.278. The molecule has 6 heteroatoms. The lowest BCUT2D eigenvalue weighted by Gasteiger charge is -2.47. The molecule has 0 radical (unpaired) electrons. The van der Waals surface area contributed by atoms with Gasteiger partial charge in [-0.2, -0.15) is 0 Å². The predicted molar refractivity (Wildman–Crippen MR) is 156 cm³/mol. The van der Waals surface area contributed by atoms with E-state index in [0.717, 1.165) is 53.3 Å². The molecule has 0 spiro atoms. The fraction of sp³-hybridized carbons (Fsp3) is 0.333. The van der Waals surface area contributed by atoms with E-state index in [2.05, 4.69) is 35.0 Å². The van der Waals surface area contributed by atoms with Gasteiger partial charge in [-0.15, -0.1) is 0 Å². The summed E-state index contributed by atoms with van der Waals surface area (Å²) in [5.74, 6) is -0.272. The molecule has 2 aliphatic rings. The topological polar surface area (TPSA) is 54.3 Å². The van der Waals surface area contributed by atoms with Gasteiger partial charge in [0, 0.05) is 28.5 Å². The van der Waals surface area contributed by atoms with E-state index < -0.39 is 5.54 Å². The van der Waals surface area contributed by atoms with Crippen LogP contribution >= 0.6 is 11.6 Å². The highest BCUT2D eigenvalue weighted by Crippen LogP contribution is 2.41. The maximum Gasteiger partial charge on any atom is 0.272 e. The van der Waals surface area contributed by atoms with Gasteiger partial charge in [0.1, 0.15) is 5.69 Å². The summed E-state index contributed by atoms with van der Waals surface area (Å²) >= 11 is 6.36. The summed E-state index contributed by atoms with van der Waals surface area (Å²) in [5.41, 5.74) is 3.17. The van der Waals surface area contributed by atoms with Gasteiger partial charge in [0.15, 0.2) is 5.54 Å². The Labute approximate surface area is 234 Å². The Morgan fingerprint density at radius 1 is 0.949 bits per heavy atom. The largest absolute Gasteiger partial charge is 0.351 e. The summed E-state index contributed by atoms with van der Waals surface area (Å²) in [5, 5.41) is 5.03. The first-order valence-electron chi connectivity index (χ1n) is 14.0. The Balaban J connectivity index is 1.54. The van der Waals surface area contributed by atoms with Crippen molar-refractivity contribution in [3.63, 3.8) is 0 Å². The highest BCUT2D eigenvalue weighted by Gasteiger charge is 2.52. The van der Waals surface area contributed by atoms with Crippen molar-refractivity contribution in [1.82, 2.24) is 14.8 Å². The molecule has 3 aromatic carbocycles. The zero-order valence-corrected chi connectivity index (χ0v) is 23.1. The summed E-state index contributed by atoms with van der Waals surface area (Å²) < 4.78 is 2.05. The van der Waals surface area contributed by atoms with E-state index in [1.54, 1.807) is 4.90 Å². The molecule has 1 atom stereocenters. The van der Waals surface area contributed by atoms with Crippen LogP contribution in [0.1, 0.15) is 65.7 Å².